The Morgan fingerprint density at radius 3 is 2.11 bits per heavy atom. The number of aryl methyl sites for hydroxylation is 2. The van der Waals surface area contributed by atoms with E-state index in [0.29, 0.717) is 32.2 Å². The number of nitrogens with zero attached hydrogens (tertiary/aromatic N) is 1. The Balaban J connectivity index is 1.54. The van der Waals surface area contributed by atoms with Crippen molar-refractivity contribution >= 4 is 23.4 Å². The molecule has 1 aliphatic rings. The minimum Gasteiger partial charge on any atom is -0.469 e. The van der Waals surface area contributed by atoms with Crippen molar-refractivity contribution in [2.75, 3.05) is 27.8 Å². The third kappa shape index (κ3) is 7.30. The fourth-order valence-corrected chi connectivity index (χ4v) is 4.78. The van der Waals surface area contributed by atoms with Gasteiger partial charge in [0, 0.05) is 20.0 Å². The van der Waals surface area contributed by atoms with E-state index in [1.54, 1.807) is 4.90 Å². The van der Waals surface area contributed by atoms with Gasteiger partial charge in [-0.3, -0.25) is 14.4 Å². The topological polar surface area (TPSA) is 72.9 Å². The fourth-order valence-electron chi connectivity index (χ4n) is 4.78. The quantitative estimate of drug-likeness (QED) is 0.328. The summed E-state index contributed by atoms with van der Waals surface area (Å²) < 4.78 is 9.46. The smallest absolute Gasteiger partial charge is 0.309 e. The van der Waals surface area contributed by atoms with Gasteiger partial charge in [0.25, 0.3) is 0 Å². The first-order valence-electron chi connectivity index (χ1n) is 12.7. The van der Waals surface area contributed by atoms with Crippen molar-refractivity contribution < 1.29 is 23.9 Å². The molecule has 0 saturated heterocycles. The number of hydrogen-bond acceptors (Lipinski definition) is 5. The normalized spacial score (nSPS) is 13.0. The fraction of sp³-hybridized carbons (Fsp3) is 0.433. The summed E-state index contributed by atoms with van der Waals surface area (Å²) in [7, 11) is 4.45. The molecule has 2 aromatic carbocycles. The molecule has 0 heterocycles. The molecule has 0 aromatic heterocycles. The molecule has 0 radical (unpaired) electrons. The summed E-state index contributed by atoms with van der Waals surface area (Å²) >= 11 is 0. The van der Waals surface area contributed by atoms with Gasteiger partial charge >= 0.3 is 11.9 Å². The Kier molecular flexibility index (Phi) is 10.3. The minimum absolute atomic E-state index is 0.00204. The number of fused-ring (bicyclic) bond motifs is 2. The molecule has 3 rings (SSSR count). The van der Waals surface area contributed by atoms with Crippen LogP contribution in [0.25, 0.3) is 5.57 Å². The molecule has 0 spiro atoms. The van der Waals surface area contributed by atoms with Crippen molar-refractivity contribution in [3.8, 4) is 0 Å². The molecular weight excluding hydrogens is 454 g/mol. The number of amides is 1. The first-order chi connectivity index (χ1) is 17.4. The van der Waals surface area contributed by atoms with Gasteiger partial charge in [-0.05, 0) is 59.9 Å². The van der Waals surface area contributed by atoms with Crippen LogP contribution < -0.4 is 0 Å². The van der Waals surface area contributed by atoms with E-state index in [2.05, 4.69) is 59.3 Å². The molecule has 0 saturated carbocycles. The largest absolute Gasteiger partial charge is 0.469 e. The molecule has 0 unspecified atom stereocenters. The molecule has 1 atom stereocenters. The van der Waals surface area contributed by atoms with E-state index in [1.807, 2.05) is 7.05 Å². The second-order valence-electron chi connectivity index (χ2n) is 9.28. The summed E-state index contributed by atoms with van der Waals surface area (Å²) in [5, 5.41) is 0. The molecule has 2 aromatic rings. The van der Waals surface area contributed by atoms with Crippen molar-refractivity contribution in [3.05, 3.63) is 76.9 Å². The number of ether oxygens (including phenoxy) is 2. The molecule has 192 valence electrons. The summed E-state index contributed by atoms with van der Waals surface area (Å²) in [4.78, 5) is 37.9. The maximum atomic E-state index is 12.7. The van der Waals surface area contributed by atoms with Gasteiger partial charge in [0.1, 0.15) is 0 Å². The van der Waals surface area contributed by atoms with Crippen LogP contribution >= 0.6 is 0 Å². The average molecular weight is 492 g/mol. The highest BCUT2D eigenvalue weighted by atomic mass is 16.5. The monoisotopic (exact) mass is 491 g/mol. The number of carbonyl (C=O) groups is 3. The van der Waals surface area contributed by atoms with Crippen LogP contribution in [0.5, 0.6) is 0 Å². The van der Waals surface area contributed by atoms with Crippen molar-refractivity contribution in [1.29, 1.82) is 0 Å². The third-order valence-electron chi connectivity index (χ3n) is 6.89. The number of unbranched alkanes of at least 4 members (excludes halogenated alkanes) is 1. The van der Waals surface area contributed by atoms with E-state index in [-0.39, 0.29) is 12.3 Å². The summed E-state index contributed by atoms with van der Waals surface area (Å²) in [6.45, 7) is 0.639. The Morgan fingerprint density at radius 1 is 0.917 bits per heavy atom. The molecular formula is C30H37NO5. The molecule has 0 bridgehead atoms. The van der Waals surface area contributed by atoms with Crippen LogP contribution in [0.2, 0.25) is 0 Å². The highest BCUT2D eigenvalue weighted by molar-refractivity contribution is 5.84. The molecule has 1 aliphatic carbocycles. The molecule has 6 nitrogen and oxygen atoms in total. The predicted molar refractivity (Wildman–Crippen MR) is 140 cm³/mol. The van der Waals surface area contributed by atoms with Crippen molar-refractivity contribution in [3.63, 3.8) is 0 Å². The summed E-state index contributed by atoms with van der Waals surface area (Å²) in [5.74, 6) is -1.31. The van der Waals surface area contributed by atoms with E-state index in [9.17, 15) is 14.4 Å². The predicted octanol–water partition coefficient (Wildman–Crippen LogP) is 4.98. The SMILES string of the molecule is COC(=O)C[C@@H](CCCCC(=O)N(C)CCC=C1c2ccccc2CCc2ccccc21)C(=O)OC. The van der Waals surface area contributed by atoms with Gasteiger partial charge in [0.2, 0.25) is 5.91 Å². The van der Waals surface area contributed by atoms with Gasteiger partial charge in [0.05, 0.1) is 26.6 Å². The zero-order chi connectivity index (χ0) is 25.9. The van der Waals surface area contributed by atoms with Crippen molar-refractivity contribution in [1.82, 2.24) is 4.90 Å². The number of carbonyl (C=O) groups excluding carboxylic acids is 3. The average Bonchev–Trinajstić information content (AvgIpc) is 3.06. The van der Waals surface area contributed by atoms with Gasteiger partial charge in [-0.15, -0.1) is 0 Å². The summed E-state index contributed by atoms with van der Waals surface area (Å²) in [5.41, 5.74) is 6.54. The van der Waals surface area contributed by atoms with Gasteiger partial charge in [-0.1, -0.05) is 61.0 Å². The van der Waals surface area contributed by atoms with E-state index >= 15 is 0 Å². The zero-order valence-electron chi connectivity index (χ0n) is 21.6. The second-order valence-corrected chi connectivity index (χ2v) is 9.28. The molecule has 1 amide bonds. The van der Waals surface area contributed by atoms with Crippen LogP contribution in [0.3, 0.4) is 0 Å². The molecule has 0 aliphatic heterocycles. The van der Waals surface area contributed by atoms with Crippen LogP contribution in [0.15, 0.2) is 54.6 Å². The lowest BCUT2D eigenvalue weighted by atomic mass is 9.93. The number of benzene rings is 2. The van der Waals surface area contributed by atoms with Crippen molar-refractivity contribution in [2.24, 2.45) is 5.92 Å². The minimum atomic E-state index is -0.535. The number of esters is 2. The van der Waals surface area contributed by atoms with Gasteiger partial charge in [-0.2, -0.15) is 0 Å². The van der Waals surface area contributed by atoms with Crippen LogP contribution in [0.4, 0.5) is 0 Å². The van der Waals surface area contributed by atoms with Gasteiger partial charge in [0.15, 0.2) is 0 Å². The first kappa shape index (κ1) is 27.2. The maximum absolute atomic E-state index is 12.7. The molecule has 6 heteroatoms. The molecule has 0 fully saturated rings. The lowest BCUT2D eigenvalue weighted by Crippen LogP contribution is -2.27. The second kappa shape index (κ2) is 13.6. The number of methoxy groups -OCH3 is 2. The highest BCUT2D eigenvalue weighted by Crippen LogP contribution is 2.33. The van der Waals surface area contributed by atoms with Crippen LogP contribution in [0, 0.1) is 5.92 Å². The van der Waals surface area contributed by atoms with Gasteiger partial charge < -0.3 is 14.4 Å². The Bertz CT molecular complexity index is 1040. The molecule has 36 heavy (non-hydrogen) atoms. The standard InChI is InChI=1S/C30H37NO5/c1-31(28(32)17-9-6-13-24(30(34)36-3)21-29(33)35-2)20-10-16-27-25-14-7-4-11-22(25)18-19-23-12-5-8-15-26(23)27/h4-5,7-8,11-12,14-16,24H,6,9-10,13,17-21H2,1-3H3/t24-/m1/s1. The molecule has 0 N–H and O–H groups in total. The van der Waals surface area contributed by atoms with Crippen molar-refractivity contribution in [2.45, 2.75) is 51.4 Å². The first-order valence-corrected chi connectivity index (χ1v) is 12.7. The zero-order valence-corrected chi connectivity index (χ0v) is 21.6. The van der Waals surface area contributed by atoms with Crippen LogP contribution in [-0.4, -0.2) is 50.6 Å². The lowest BCUT2D eigenvalue weighted by Gasteiger charge is -2.18. The number of hydrogen-bond donors (Lipinski definition) is 0. The summed E-state index contributed by atoms with van der Waals surface area (Å²) in [6.07, 6.45) is 7.29. The van der Waals surface area contributed by atoms with E-state index < -0.39 is 17.9 Å². The Hall–Kier alpha value is -3.41. The Labute approximate surface area is 214 Å². The third-order valence-corrected chi connectivity index (χ3v) is 6.89. The van der Waals surface area contributed by atoms with E-state index in [0.717, 1.165) is 19.3 Å². The highest BCUT2D eigenvalue weighted by Gasteiger charge is 2.23. The van der Waals surface area contributed by atoms with Crippen LogP contribution in [0.1, 0.15) is 60.8 Å². The van der Waals surface area contributed by atoms with Gasteiger partial charge in [-0.25, -0.2) is 0 Å². The maximum Gasteiger partial charge on any atom is 0.309 e. The van der Waals surface area contributed by atoms with E-state index in [4.69, 9.17) is 4.74 Å². The lowest BCUT2D eigenvalue weighted by molar-refractivity contribution is -0.152. The Morgan fingerprint density at radius 2 is 1.53 bits per heavy atom. The summed E-state index contributed by atoms with van der Waals surface area (Å²) in [6, 6.07) is 17.2. The number of rotatable bonds is 11. The van der Waals surface area contributed by atoms with E-state index in [1.165, 1.54) is 42.0 Å². The van der Waals surface area contributed by atoms with Crippen LogP contribution in [-0.2, 0) is 36.7 Å².